The van der Waals surface area contributed by atoms with Crippen molar-refractivity contribution in [3.63, 3.8) is 0 Å². The topological polar surface area (TPSA) is 93.4 Å². The number of imidazole rings is 1. The van der Waals surface area contributed by atoms with Gasteiger partial charge in [0.05, 0.1) is 23.9 Å². The summed E-state index contributed by atoms with van der Waals surface area (Å²) < 4.78 is 13.0. The van der Waals surface area contributed by atoms with E-state index >= 15 is 0 Å². The van der Waals surface area contributed by atoms with Crippen LogP contribution in [0.4, 0.5) is 0 Å². The number of amides is 1. The zero-order valence-electron chi connectivity index (χ0n) is 21.5. The summed E-state index contributed by atoms with van der Waals surface area (Å²) in [4.78, 5) is 32.5. The molecule has 3 heterocycles. The molecule has 1 saturated heterocycles. The summed E-state index contributed by atoms with van der Waals surface area (Å²) in [6.07, 6.45) is 1.85. The predicted molar refractivity (Wildman–Crippen MR) is 143 cm³/mol. The molecule has 1 atom stereocenters. The van der Waals surface area contributed by atoms with Gasteiger partial charge in [-0.25, -0.2) is 4.98 Å². The number of aliphatic hydroxyl groups excluding tert-OH is 1. The summed E-state index contributed by atoms with van der Waals surface area (Å²) in [5, 5.41) is 11.5. The Morgan fingerprint density at radius 3 is 2.42 bits per heavy atom. The van der Waals surface area contributed by atoms with Crippen LogP contribution < -0.4 is 4.74 Å². The number of carbonyl (C=O) groups excluding carboxylic acids is 2. The number of aliphatic hydroxyl groups is 1. The Kier molecular flexibility index (Phi) is 6.98. The molecule has 1 amide bonds. The molecule has 1 aliphatic heterocycles. The quantitative estimate of drug-likeness (QED) is 0.211. The summed E-state index contributed by atoms with van der Waals surface area (Å²) in [6.45, 7) is 4.60. The molecule has 194 valence electrons. The van der Waals surface area contributed by atoms with Crippen LogP contribution in [0.15, 0.2) is 78.5 Å². The number of Topliss-reactive ketones (excluding diaryl/α,β-unsaturated/α-hetero) is 1. The van der Waals surface area contributed by atoms with E-state index in [9.17, 15) is 14.7 Å². The molecule has 0 spiro atoms. The summed E-state index contributed by atoms with van der Waals surface area (Å²) >= 11 is 0. The molecule has 0 radical (unpaired) electrons. The van der Waals surface area contributed by atoms with E-state index in [4.69, 9.17) is 9.47 Å². The van der Waals surface area contributed by atoms with E-state index in [1.165, 1.54) is 12.0 Å². The van der Waals surface area contributed by atoms with Crippen LogP contribution in [0.3, 0.4) is 0 Å². The molecule has 0 saturated carbocycles. The minimum atomic E-state index is -0.793. The maximum atomic E-state index is 13.3. The van der Waals surface area contributed by atoms with Crippen molar-refractivity contribution >= 4 is 23.1 Å². The van der Waals surface area contributed by atoms with Gasteiger partial charge in [-0.1, -0.05) is 48.5 Å². The second-order valence-corrected chi connectivity index (χ2v) is 9.26. The second-order valence-electron chi connectivity index (χ2n) is 9.26. The van der Waals surface area contributed by atoms with Crippen molar-refractivity contribution < 1.29 is 24.2 Å². The number of carbonyl (C=O) groups is 2. The van der Waals surface area contributed by atoms with E-state index in [1.807, 2.05) is 79.0 Å². The Morgan fingerprint density at radius 2 is 1.74 bits per heavy atom. The monoisotopic (exact) mass is 511 g/mol. The van der Waals surface area contributed by atoms with Gasteiger partial charge >= 0.3 is 0 Å². The van der Waals surface area contributed by atoms with Gasteiger partial charge < -0.3 is 23.9 Å². The van der Waals surface area contributed by atoms with E-state index in [-0.39, 0.29) is 30.2 Å². The van der Waals surface area contributed by atoms with Gasteiger partial charge in [0.1, 0.15) is 23.7 Å². The SMILES string of the molecule is COCCN1C(=O)C(=O)/C(=C(/O)c2nc3c(C)cccn3c2C)C1c1ccc(OCc2ccccc2)cc1. The Balaban J connectivity index is 1.54. The third kappa shape index (κ3) is 4.54. The third-order valence-corrected chi connectivity index (χ3v) is 6.83. The molecule has 38 heavy (non-hydrogen) atoms. The van der Waals surface area contributed by atoms with Crippen LogP contribution in [0.2, 0.25) is 0 Å². The minimum absolute atomic E-state index is 0.00761. The molecule has 8 heteroatoms. The molecule has 1 unspecified atom stereocenters. The Labute approximate surface area is 220 Å². The first-order valence-electron chi connectivity index (χ1n) is 12.4. The lowest BCUT2D eigenvalue weighted by Gasteiger charge is -2.25. The van der Waals surface area contributed by atoms with Crippen molar-refractivity contribution in [1.29, 1.82) is 0 Å². The average molecular weight is 512 g/mol. The highest BCUT2D eigenvalue weighted by molar-refractivity contribution is 6.46. The van der Waals surface area contributed by atoms with Gasteiger partial charge in [0.2, 0.25) is 0 Å². The Hall–Kier alpha value is -4.43. The maximum Gasteiger partial charge on any atom is 0.295 e. The Bertz CT molecular complexity index is 1520. The van der Waals surface area contributed by atoms with E-state index in [0.29, 0.717) is 29.3 Å². The summed E-state index contributed by atoms with van der Waals surface area (Å²) in [5.41, 5.74) is 4.28. The molecule has 1 N–H and O–H groups in total. The number of nitrogens with zero attached hydrogens (tertiary/aromatic N) is 3. The predicted octanol–water partition coefficient (Wildman–Crippen LogP) is 4.60. The van der Waals surface area contributed by atoms with Gasteiger partial charge in [-0.2, -0.15) is 0 Å². The molecule has 2 aromatic heterocycles. The van der Waals surface area contributed by atoms with Gasteiger partial charge in [0, 0.05) is 19.9 Å². The zero-order chi connectivity index (χ0) is 26.8. The lowest BCUT2D eigenvalue weighted by Crippen LogP contribution is -2.32. The van der Waals surface area contributed by atoms with Crippen molar-refractivity contribution in [3.05, 3.63) is 107 Å². The van der Waals surface area contributed by atoms with Crippen LogP contribution >= 0.6 is 0 Å². The number of ether oxygens (including phenoxy) is 2. The average Bonchev–Trinajstić information content (AvgIpc) is 3.41. The standard InChI is InChI=1S/C30H29N3O5/c1-19-8-7-15-32-20(2)25(31-29(19)32)27(34)24-26(33(16-17-37-3)30(36)28(24)35)22-11-13-23(14-12-22)38-18-21-9-5-4-6-10-21/h4-15,26,34H,16-18H2,1-3H3/b27-24+. The van der Waals surface area contributed by atoms with E-state index < -0.39 is 17.7 Å². The molecular formula is C30H29N3O5. The molecule has 0 bridgehead atoms. The molecule has 1 aliphatic rings. The van der Waals surface area contributed by atoms with Crippen LogP contribution in [0, 0.1) is 13.8 Å². The highest BCUT2D eigenvalue weighted by Crippen LogP contribution is 2.40. The smallest absolute Gasteiger partial charge is 0.295 e. The number of aromatic nitrogens is 2. The molecule has 4 aromatic rings. The number of likely N-dealkylation sites (tertiary alicyclic amines) is 1. The number of methoxy groups -OCH3 is 1. The summed E-state index contributed by atoms with van der Waals surface area (Å²) in [6, 6.07) is 20.1. The fraction of sp³-hybridized carbons (Fsp3) is 0.233. The van der Waals surface area contributed by atoms with Gasteiger partial charge in [0.15, 0.2) is 5.76 Å². The zero-order valence-corrected chi connectivity index (χ0v) is 21.5. The highest BCUT2D eigenvalue weighted by Gasteiger charge is 2.46. The van der Waals surface area contributed by atoms with E-state index in [1.54, 1.807) is 12.1 Å². The first kappa shape index (κ1) is 25.2. The molecule has 2 aromatic carbocycles. The van der Waals surface area contributed by atoms with Crippen LogP contribution in [0.1, 0.15) is 34.1 Å². The molecule has 8 nitrogen and oxygen atoms in total. The van der Waals surface area contributed by atoms with Crippen LogP contribution in [-0.4, -0.2) is 51.3 Å². The lowest BCUT2D eigenvalue weighted by atomic mass is 9.96. The third-order valence-electron chi connectivity index (χ3n) is 6.83. The number of rotatable bonds is 8. The minimum Gasteiger partial charge on any atom is -0.505 e. The van der Waals surface area contributed by atoms with Crippen molar-refractivity contribution in [2.24, 2.45) is 0 Å². The summed E-state index contributed by atoms with van der Waals surface area (Å²) in [7, 11) is 1.53. The molecule has 1 fully saturated rings. The van der Waals surface area contributed by atoms with Crippen LogP contribution in [0.5, 0.6) is 5.75 Å². The number of ketones is 1. The lowest BCUT2D eigenvalue weighted by molar-refractivity contribution is -0.140. The van der Waals surface area contributed by atoms with Crippen molar-refractivity contribution in [2.75, 3.05) is 20.3 Å². The van der Waals surface area contributed by atoms with Crippen LogP contribution in [-0.2, 0) is 20.9 Å². The van der Waals surface area contributed by atoms with Gasteiger partial charge in [-0.05, 0) is 48.7 Å². The first-order chi connectivity index (χ1) is 18.4. The number of benzene rings is 2. The number of aryl methyl sites for hydroxylation is 2. The van der Waals surface area contributed by atoms with E-state index in [2.05, 4.69) is 4.98 Å². The highest BCUT2D eigenvalue weighted by atomic mass is 16.5. The van der Waals surface area contributed by atoms with Crippen molar-refractivity contribution in [2.45, 2.75) is 26.5 Å². The number of hydrogen-bond donors (Lipinski definition) is 1. The molecule has 5 rings (SSSR count). The van der Waals surface area contributed by atoms with Crippen LogP contribution in [0.25, 0.3) is 11.4 Å². The van der Waals surface area contributed by atoms with Gasteiger partial charge in [-0.15, -0.1) is 0 Å². The number of fused-ring (bicyclic) bond motifs is 1. The van der Waals surface area contributed by atoms with Crippen molar-refractivity contribution in [3.8, 4) is 5.75 Å². The molecular weight excluding hydrogens is 482 g/mol. The van der Waals surface area contributed by atoms with Crippen molar-refractivity contribution in [1.82, 2.24) is 14.3 Å². The fourth-order valence-electron chi connectivity index (χ4n) is 4.81. The number of pyridine rings is 1. The maximum absolute atomic E-state index is 13.3. The van der Waals surface area contributed by atoms with E-state index in [0.717, 1.165) is 11.1 Å². The summed E-state index contributed by atoms with van der Waals surface area (Å²) in [5.74, 6) is -1.08. The first-order valence-corrected chi connectivity index (χ1v) is 12.4. The largest absolute Gasteiger partial charge is 0.505 e. The Morgan fingerprint density at radius 1 is 1.00 bits per heavy atom. The fourth-order valence-corrected chi connectivity index (χ4v) is 4.81. The normalized spacial score (nSPS) is 16.9. The molecule has 0 aliphatic carbocycles. The number of hydrogen-bond acceptors (Lipinski definition) is 6. The second kappa shape index (κ2) is 10.5. The van der Waals surface area contributed by atoms with Gasteiger partial charge in [0.25, 0.3) is 11.7 Å². The van der Waals surface area contributed by atoms with Gasteiger partial charge in [-0.3, -0.25) is 9.59 Å².